The SMILES string of the molecule is Cc1cc(Nc2ccc(NC(=O)c3c4c(nc5ccc(Cl)cc35)CCC4)cc2)ncn1. The molecule has 2 heterocycles. The number of carbonyl (C=O) groups excluding carboxylic acids is 1. The van der Waals surface area contributed by atoms with Gasteiger partial charge >= 0.3 is 0 Å². The van der Waals surface area contributed by atoms with Crippen LogP contribution in [0.2, 0.25) is 5.02 Å². The summed E-state index contributed by atoms with van der Waals surface area (Å²) in [6.45, 7) is 1.91. The predicted molar refractivity (Wildman–Crippen MR) is 123 cm³/mol. The number of rotatable bonds is 4. The number of benzene rings is 2. The normalized spacial score (nSPS) is 12.6. The monoisotopic (exact) mass is 429 g/mol. The number of amides is 1. The van der Waals surface area contributed by atoms with Gasteiger partial charge in [-0.3, -0.25) is 9.78 Å². The highest BCUT2D eigenvalue weighted by Crippen LogP contribution is 2.32. The van der Waals surface area contributed by atoms with Crippen molar-refractivity contribution < 1.29 is 4.79 Å². The lowest BCUT2D eigenvalue weighted by molar-refractivity contribution is 0.102. The van der Waals surface area contributed by atoms with Crippen LogP contribution in [0.4, 0.5) is 17.2 Å². The summed E-state index contributed by atoms with van der Waals surface area (Å²) in [6.07, 6.45) is 4.29. The van der Waals surface area contributed by atoms with E-state index in [4.69, 9.17) is 16.6 Å². The van der Waals surface area contributed by atoms with Crippen LogP contribution in [0.3, 0.4) is 0 Å². The van der Waals surface area contributed by atoms with Gasteiger partial charge in [-0.05, 0) is 74.2 Å². The third-order valence-electron chi connectivity index (χ3n) is 5.42. The molecule has 0 unspecified atom stereocenters. The Morgan fingerprint density at radius 1 is 1.00 bits per heavy atom. The Kier molecular flexibility index (Phi) is 5.00. The fourth-order valence-electron chi connectivity index (χ4n) is 4.00. The lowest BCUT2D eigenvalue weighted by Crippen LogP contribution is -2.15. The smallest absolute Gasteiger partial charge is 0.256 e. The van der Waals surface area contributed by atoms with Crippen molar-refractivity contribution in [2.75, 3.05) is 10.6 Å². The molecule has 1 aliphatic rings. The van der Waals surface area contributed by atoms with E-state index in [1.807, 2.05) is 55.5 Å². The van der Waals surface area contributed by atoms with Gasteiger partial charge in [-0.25, -0.2) is 9.97 Å². The summed E-state index contributed by atoms with van der Waals surface area (Å²) >= 11 is 6.22. The van der Waals surface area contributed by atoms with Crippen LogP contribution >= 0.6 is 11.6 Å². The van der Waals surface area contributed by atoms with E-state index < -0.39 is 0 Å². The number of hydrogen-bond acceptors (Lipinski definition) is 5. The molecule has 31 heavy (non-hydrogen) atoms. The summed E-state index contributed by atoms with van der Waals surface area (Å²) in [5.41, 5.74) is 6.00. The maximum Gasteiger partial charge on any atom is 0.256 e. The van der Waals surface area contributed by atoms with Crippen molar-refractivity contribution >= 4 is 45.6 Å². The van der Waals surface area contributed by atoms with Crippen LogP contribution in [0.15, 0.2) is 54.9 Å². The summed E-state index contributed by atoms with van der Waals surface area (Å²) in [4.78, 5) is 26.3. The zero-order valence-electron chi connectivity index (χ0n) is 16.9. The molecule has 2 aromatic heterocycles. The largest absolute Gasteiger partial charge is 0.340 e. The Balaban J connectivity index is 1.42. The van der Waals surface area contributed by atoms with Gasteiger partial charge in [0.05, 0.1) is 11.1 Å². The molecule has 2 N–H and O–H groups in total. The number of aromatic nitrogens is 3. The zero-order valence-corrected chi connectivity index (χ0v) is 17.7. The van der Waals surface area contributed by atoms with E-state index in [0.717, 1.165) is 58.6 Å². The first-order chi connectivity index (χ1) is 15.1. The second kappa shape index (κ2) is 7.96. The van der Waals surface area contributed by atoms with Crippen molar-refractivity contribution in [3.05, 3.63) is 82.4 Å². The maximum atomic E-state index is 13.3. The minimum Gasteiger partial charge on any atom is -0.340 e. The quantitative estimate of drug-likeness (QED) is 0.449. The Morgan fingerprint density at radius 3 is 2.61 bits per heavy atom. The van der Waals surface area contributed by atoms with Crippen LogP contribution in [0.25, 0.3) is 10.9 Å². The molecule has 4 aromatic rings. The molecule has 0 saturated heterocycles. The van der Waals surface area contributed by atoms with Crippen LogP contribution in [0, 0.1) is 6.92 Å². The highest BCUT2D eigenvalue weighted by Gasteiger charge is 2.24. The lowest BCUT2D eigenvalue weighted by Gasteiger charge is -2.13. The van der Waals surface area contributed by atoms with Gasteiger partial charge in [0, 0.05) is 39.2 Å². The van der Waals surface area contributed by atoms with Gasteiger partial charge in [-0.1, -0.05) is 11.6 Å². The van der Waals surface area contributed by atoms with E-state index in [1.165, 1.54) is 6.33 Å². The van der Waals surface area contributed by atoms with Gasteiger partial charge in [-0.15, -0.1) is 0 Å². The number of aryl methyl sites for hydroxylation is 2. The zero-order chi connectivity index (χ0) is 21.4. The molecule has 0 saturated carbocycles. The summed E-state index contributed by atoms with van der Waals surface area (Å²) < 4.78 is 0. The van der Waals surface area contributed by atoms with Crippen molar-refractivity contribution in [3.8, 4) is 0 Å². The summed E-state index contributed by atoms with van der Waals surface area (Å²) in [7, 11) is 0. The number of fused-ring (bicyclic) bond motifs is 2. The van der Waals surface area contributed by atoms with Gasteiger partial charge in [-0.2, -0.15) is 0 Å². The van der Waals surface area contributed by atoms with E-state index in [0.29, 0.717) is 16.3 Å². The van der Waals surface area contributed by atoms with Crippen molar-refractivity contribution in [1.82, 2.24) is 15.0 Å². The minimum absolute atomic E-state index is 0.139. The molecule has 0 aliphatic heterocycles. The minimum atomic E-state index is -0.139. The number of nitrogens with zero attached hydrogens (tertiary/aromatic N) is 3. The summed E-state index contributed by atoms with van der Waals surface area (Å²) in [5, 5.41) is 7.66. The van der Waals surface area contributed by atoms with Crippen LogP contribution in [-0.4, -0.2) is 20.9 Å². The first kappa shape index (κ1) is 19.5. The number of nitrogens with one attached hydrogen (secondary N) is 2. The number of carbonyl (C=O) groups is 1. The first-order valence-electron chi connectivity index (χ1n) is 10.1. The van der Waals surface area contributed by atoms with Crippen molar-refractivity contribution in [3.63, 3.8) is 0 Å². The van der Waals surface area contributed by atoms with Crippen LogP contribution in [0.1, 0.15) is 33.7 Å². The average Bonchev–Trinajstić information content (AvgIpc) is 3.21. The molecule has 7 heteroatoms. The molecule has 0 atom stereocenters. The molecule has 1 amide bonds. The number of anilines is 3. The van der Waals surface area contributed by atoms with E-state index in [2.05, 4.69) is 20.6 Å². The van der Waals surface area contributed by atoms with E-state index >= 15 is 0 Å². The number of pyridine rings is 1. The Bertz CT molecular complexity index is 1300. The van der Waals surface area contributed by atoms with E-state index in [9.17, 15) is 4.79 Å². The van der Waals surface area contributed by atoms with Crippen molar-refractivity contribution in [2.24, 2.45) is 0 Å². The Labute approximate surface area is 184 Å². The summed E-state index contributed by atoms with van der Waals surface area (Å²) in [6, 6.07) is 14.9. The standard InChI is InChI=1S/C24H20ClN5O/c1-14-11-22(27-13-26-14)28-16-6-8-17(9-7-16)29-24(31)23-18-3-2-4-20(18)30-21-10-5-15(25)12-19(21)23/h5-13H,2-4H2,1H3,(H,29,31)(H,26,27,28). The fraction of sp³-hybridized carbons (Fsp3) is 0.167. The van der Waals surface area contributed by atoms with Crippen LogP contribution < -0.4 is 10.6 Å². The molecular formula is C24H20ClN5O. The number of hydrogen-bond donors (Lipinski definition) is 2. The molecule has 5 rings (SSSR count). The van der Waals surface area contributed by atoms with Gasteiger partial charge in [0.2, 0.25) is 0 Å². The van der Waals surface area contributed by atoms with Gasteiger partial charge in [0.1, 0.15) is 12.1 Å². The third kappa shape index (κ3) is 3.94. The molecular weight excluding hydrogens is 410 g/mol. The Morgan fingerprint density at radius 2 is 1.81 bits per heavy atom. The topological polar surface area (TPSA) is 79.8 Å². The molecule has 1 aliphatic carbocycles. The second-order valence-electron chi connectivity index (χ2n) is 7.63. The maximum absolute atomic E-state index is 13.3. The second-order valence-corrected chi connectivity index (χ2v) is 8.06. The van der Waals surface area contributed by atoms with Gasteiger partial charge < -0.3 is 10.6 Å². The van der Waals surface area contributed by atoms with E-state index in [-0.39, 0.29) is 5.91 Å². The summed E-state index contributed by atoms with van der Waals surface area (Å²) in [5.74, 6) is 0.583. The molecule has 0 spiro atoms. The van der Waals surface area contributed by atoms with Crippen molar-refractivity contribution in [1.29, 1.82) is 0 Å². The van der Waals surface area contributed by atoms with Crippen molar-refractivity contribution in [2.45, 2.75) is 26.2 Å². The molecule has 6 nitrogen and oxygen atoms in total. The first-order valence-corrected chi connectivity index (χ1v) is 10.5. The van der Waals surface area contributed by atoms with Crippen LogP contribution in [-0.2, 0) is 12.8 Å². The molecule has 154 valence electrons. The Hall–Kier alpha value is -3.51. The third-order valence-corrected chi connectivity index (χ3v) is 5.65. The molecule has 0 bridgehead atoms. The number of halogens is 1. The molecule has 0 fully saturated rings. The van der Waals surface area contributed by atoms with Crippen LogP contribution in [0.5, 0.6) is 0 Å². The van der Waals surface area contributed by atoms with Gasteiger partial charge in [0.25, 0.3) is 5.91 Å². The molecule has 0 radical (unpaired) electrons. The van der Waals surface area contributed by atoms with Gasteiger partial charge in [0.15, 0.2) is 0 Å². The molecule has 2 aromatic carbocycles. The highest BCUT2D eigenvalue weighted by molar-refractivity contribution is 6.31. The average molecular weight is 430 g/mol. The highest BCUT2D eigenvalue weighted by atomic mass is 35.5. The predicted octanol–water partition coefficient (Wildman–Crippen LogP) is 5.47. The fourth-order valence-corrected chi connectivity index (χ4v) is 4.17. The van der Waals surface area contributed by atoms with E-state index in [1.54, 1.807) is 0 Å². The lowest BCUT2D eigenvalue weighted by atomic mass is 10.0.